The predicted octanol–water partition coefficient (Wildman–Crippen LogP) is 5.09. The molecule has 0 spiro atoms. The highest BCUT2D eigenvalue weighted by atomic mass is 19.1. The maximum absolute atomic E-state index is 12.9. The van der Waals surface area contributed by atoms with Crippen LogP contribution in [0.25, 0.3) is 6.08 Å². The van der Waals surface area contributed by atoms with E-state index >= 15 is 0 Å². The Hall–Kier alpha value is -3.01. The van der Waals surface area contributed by atoms with Gasteiger partial charge in [0.15, 0.2) is 5.78 Å². The van der Waals surface area contributed by atoms with E-state index in [2.05, 4.69) is 12.2 Å². The molecule has 3 atom stereocenters. The molecule has 4 rings (SSSR count). The van der Waals surface area contributed by atoms with Crippen molar-refractivity contribution in [2.75, 3.05) is 6.61 Å². The number of benzene rings is 2. The number of allylic oxidation sites excluding steroid dienone is 3. The minimum absolute atomic E-state index is 0.182. The summed E-state index contributed by atoms with van der Waals surface area (Å²) in [5.74, 6) is 0.775. The van der Waals surface area contributed by atoms with Crippen LogP contribution in [0.2, 0.25) is 0 Å². The van der Waals surface area contributed by atoms with E-state index in [1.165, 1.54) is 24.6 Å². The molecule has 4 heteroatoms. The number of ether oxygens (including phenoxy) is 1. The molecule has 3 nitrogen and oxygen atoms in total. The summed E-state index contributed by atoms with van der Waals surface area (Å²) in [7, 11) is 0. The quantitative estimate of drug-likeness (QED) is 0.305. The van der Waals surface area contributed by atoms with Crippen LogP contribution >= 0.6 is 0 Å². The van der Waals surface area contributed by atoms with Crippen LogP contribution in [0.4, 0.5) is 4.39 Å². The number of fused-ring (bicyclic) bond motifs is 2. The lowest BCUT2D eigenvalue weighted by Gasteiger charge is -2.17. The topological polar surface area (TPSA) is 43.4 Å². The minimum Gasteiger partial charge on any atom is -0.462 e. The second kappa shape index (κ2) is 7.93. The minimum atomic E-state index is -0.354. The third-order valence-corrected chi connectivity index (χ3v) is 5.55. The first-order valence-electron chi connectivity index (χ1n) is 9.52. The Bertz CT molecular complexity index is 925. The lowest BCUT2D eigenvalue weighted by molar-refractivity contribution is 0.0420. The second-order valence-electron chi connectivity index (χ2n) is 7.47. The Morgan fingerprint density at radius 1 is 0.964 bits per heavy atom. The van der Waals surface area contributed by atoms with Gasteiger partial charge < -0.3 is 4.74 Å². The van der Waals surface area contributed by atoms with Crippen LogP contribution in [-0.4, -0.2) is 18.4 Å². The van der Waals surface area contributed by atoms with Gasteiger partial charge in [0.2, 0.25) is 0 Å². The van der Waals surface area contributed by atoms with E-state index in [0.717, 1.165) is 12.0 Å². The molecule has 3 unspecified atom stereocenters. The first kappa shape index (κ1) is 18.4. The smallest absolute Gasteiger partial charge is 0.338 e. The van der Waals surface area contributed by atoms with E-state index in [1.54, 1.807) is 42.5 Å². The van der Waals surface area contributed by atoms with E-state index < -0.39 is 0 Å². The summed E-state index contributed by atoms with van der Waals surface area (Å²) in [5.41, 5.74) is 1.66. The number of hydrogen-bond acceptors (Lipinski definition) is 3. The SMILES string of the molecule is O=C(/C=C/c1ccc(F)cc1)c1ccc(C(=O)OCC2CC3C=CC2C3)cc1. The molecule has 2 aromatic carbocycles. The number of ketones is 1. The fourth-order valence-electron chi connectivity index (χ4n) is 3.96. The van der Waals surface area contributed by atoms with Crippen molar-refractivity contribution in [1.29, 1.82) is 0 Å². The van der Waals surface area contributed by atoms with E-state index in [-0.39, 0.29) is 17.6 Å². The lowest BCUT2D eigenvalue weighted by atomic mass is 9.95. The average molecular weight is 376 g/mol. The molecule has 0 heterocycles. The van der Waals surface area contributed by atoms with Crippen LogP contribution in [0, 0.1) is 23.6 Å². The third kappa shape index (κ3) is 4.11. The maximum atomic E-state index is 12.9. The molecule has 0 aromatic heterocycles. The zero-order chi connectivity index (χ0) is 19.5. The molecule has 2 aliphatic carbocycles. The zero-order valence-corrected chi connectivity index (χ0v) is 15.4. The van der Waals surface area contributed by atoms with E-state index in [1.807, 2.05) is 0 Å². The van der Waals surface area contributed by atoms with Crippen molar-refractivity contribution < 1.29 is 18.7 Å². The Labute approximate surface area is 163 Å². The van der Waals surface area contributed by atoms with Crippen LogP contribution < -0.4 is 0 Å². The Morgan fingerprint density at radius 2 is 1.68 bits per heavy atom. The summed E-state index contributed by atoms with van der Waals surface area (Å²) in [6.45, 7) is 0.450. The molecule has 0 amide bonds. The molecule has 1 saturated carbocycles. The number of hydrogen-bond donors (Lipinski definition) is 0. The van der Waals surface area contributed by atoms with Crippen molar-refractivity contribution in [3.8, 4) is 0 Å². The van der Waals surface area contributed by atoms with E-state index in [4.69, 9.17) is 4.74 Å². The molecule has 0 saturated heterocycles. The van der Waals surface area contributed by atoms with Gasteiger partial charge in [0.05, 0.1) is 12.2 Å². The molecular formula is C24H21FO3. The highest BCUT2D eigenvalue weighted by Crippen LogP contribution is 2.43. The Morgan fingerprint density at radius 3 is 2.32 bits per heavy atom. The summed E-state index contributed by atoms with van der Waals surface area (Å²) < 4.78 is 18.4. The first-order valence-corrected chi connectivity index (χ1v) is 9.52. The van der Waals surface area contributed by atoms with Gasteiger partial charge in [-0.3, -0.25) is 4.79 Å². The van der Waals surface area contributed by atoms with Crippen LogP contribution in [-0.2, 0) is 4.74 Å². The average Bonchev–Trinajstić information content (AvgIpc) is 3.35. The summed E-state index contributed by atoms with van der Waals surface area (Å²) in [6.07, 6.45) is 9.86. The predicted molar refractivity (Wildman–Crippen MR) is 105 cm³/mol. The Balaban J connectivity index is 1.32. The van der Waals surface area contributed by atoms with Crippen LogP contribution in [0.3, 0.4) is 0 Å². The van der Waals surface area contributed by atoms with Gasteiger partial charge in [-0.15, -0.1) is 0 Å². The van der Waals surface area contributed by atoms with Gasteiger partial charge in [0.1, 0.15) is 5.82 Å². The van der Waals surface area contributed by atoms with E-state index in [0.29, 0.717) is 35.5 Å². The largest absolute Gasteiger partial charge is 0.462 e. The monoisotopic (exact) mass is 376 g/mol. The summed E-state index contributed by atoms with van der Waals surface area (Å²) in [6, 6.07) is 12.4. The van der Waals surface area contributed by atoms with Gasteiger partial charge in [-0.2, -0.15) is 0 Å². The molecule has 28 heavy (non-hydrogen) atoms. The van der Waals surface area contributed by atoms with Gasteiger partial charge in [-0.05, 0) is 66.5 Å². The molecule has 0 radical (unpaired) electrons. The van der Waals surface area contributed by atoms with Gasteiger partial charge in [0.25, 0.3) is 0 Å². The fraction of sp³-hybridized carbons (Fsp3) is 0.250. The zero-order valence-electron chi connectivity index (χ0n) is 15.4. The standard InChI is InChI=1S/C24H21FO3/c25-22-10-2-16(3-11-22)4-12-23(26)18-6-8-19(9-7-18)24(27)28-15-21-14-17-1-5-20(21)13-17/h1-12,17,20-21H,13-15H2/b12-4+. The van der Waals surface area contributed by atoms with Crippen LogP contribution in [0.5, 0.6) is 0 Å². The van der Waals surface area contributed by atoms with Gasteiger partial charge in [0, 0.05) is 5.56 Å². The molecule has 2 bridgehead atoms. The maximum Gasteiger partial charge on any atom is 0.338 e. The molecule has 142 valence electrons. The number of rotatable bonds is 6. The molecule has 2 aliphatic rings. The number of carbonyl (C=O) groups is 2. The summed E-state index contributed by atoms with van der Waals surface area (Å²) in [4.78, 5) is 24.5. The second-order valence-corrected chi connectivity index (χ2v) is 7.47. The van der Waals surface area contributed by atoms with Gasteiger partial charge in [-0.25, -0.2) is 9.18 Å². The van der Waals surface area contributed by atoms with Crippen LogP contribution in [0.15, 0.2) is 66.8 Å². The highest BCUT2D eigenvalue weighted by molar-refractivity contribution is 6.07. The summed E-state index contributed by atoms with van der Waals surface area (Å²) in [5, 5.41) is 0. The van der Waals surface area contributed by atoms with Crippen molar-refractivity contribution in [2.45, 2.75) is 12.8 Å². The molecule has 0 aliphatic heterocycles. The highest BCUT2D eigenvalue weighted by Gasteiger charge is 2.36. The normalized spacial score (nSPS) is 22.7. The van der Waals surface area contributed by atoms with Crippen molar-refractivity contribution in [1.82, 2.24) is 0 Å². The third-order valence-electron chi connectivity index (χ3n) is 5.55. The van der Waals surface area contributed by atoms with E-state index in [9.17, 15) is 14.0 Å². The molecule has 0 N–H and O–H groups in total. The fourth-order valence-corrected chi connectivity index (χ4v) is 3.96. The van der Waals surface area contributed by atoms with Crippen molar-refractivity contribution in [3.63, 3.8) is 0 Å². The number of halogens is 1. The molecule has 1 fully saturated rings. The molecular weight excluding hydrogens is 355 g/mol. The van der Waals surface area contributed by atoms with Gasteiger partial charge in [-0.1, -0.05) is 42.5 Å². The lowest BCUT2D eigenvalue weighted by Crippen LogP contribution is -2.17. The number of esters is 1. The number of carbonyl (C=O) groups excluding carboxylic acids is 2. The summed E-state index contributed by atoms with van der Waals surface area (Å²) >= 11 is 0. The van der Waals surface area contributed by atoms with Crippen LogP contribution in [0.1, 0.15) is 39.1 Å². The van der Waals surface area contributed by atoms with Crippen molar-refractivity contribution in [3.05, 3.63) is 89.3 Å². The van der Waals surface area contributed by atoms with Crippen molar-refractivity contribution in [2.24, 2.45) is 17.8 Å². The Kier molecular flexibility index (Phi) is 5.20. The van der Waals surface area contributed by atoms with Gasteiger partial charge >= 0.3 is 5.97 Å². The van der Waals surface area contributed by atoms with Crippen molar-refractivity contribution >= 4 is 17.8 Å². The first-order chi connectivity index (χ1) is 13.6. The molecule has 2 aromatic rings.